The van der Waals surface area contributed by atoms with Gasteiger partial charge in [0.05, 0.1) is 0 Å². The van der Waals surface area contributed by atoms with E-state index in [0.717, 1.165) is 5.56 Å². The summed E-state index contributed by atoms with van der Waals surface area (Å²) in [5.74, 6) is 0.914. The number of para-hydroxylation sites is 1. The molecule has 1 N–H and O–H groups in total. The fourth-order valence-electron chi connectivity index (χ4n) is 1.69. The Morgan fingerprint density at radius 1 is 0.955 bits per heavy atom. The summed E-state index contributed by atoms with van der Waals surface area (Å²) >= 11 is 0. The molecule has 7 heteroatoms. The number of benzene rings is 2. The van der Waals surface area contributed by atoms with Crippen LogP contribution in [-0.4, -0.2) is 34.9 Å². The van der Waals surface area contributed by atoms with E-state index in [1.165, 1.54) is 0 Å². The van der Waals surface area contributed by atoms with Crippen molar-refractivity contribution in [3.8, 4) is 11.5 Å². The molecule has 0 aliphatic rings. The van der Waals surface area contributed by atoms with Crippen molar-refractivity contribution in [3.05, 3.63) is 60.2 Å². The Labute approximate surface area is 133 Å². The third kappa shape index (κ3) is 5.60. The lowest BCUT2D eigenvalue weighted by atomic mass is 9.52. The molecule has 0 saturated carbocycles. The van der Waals surface area contributed by atoms with Gasteiger partial charge in [-0.15, -0.1) is 0 Å². The van der Waals surface area contributed by atoms with Crippen LogP contribution in [0.5, 0.6) is 11.5 Å². The van der Waals surface area contributed by atoms with E-state index in [1.54, 1.807) is 48.5 Å². The zero-order chi connectivity index (χ0) is 16.0. The van der Waals surface area contributed by atoms with Gasteiger partial charge in [-0.05, 0) is 35.1 Å². The number of carbonyl (C=O) groups excluding carboxylic acids is 1. The zero-order valence-corrected chi connectivity index (χ0v) is 11.9. The molecule has 0 spiro atoms. The van der Waals surface area contributed by atoms with E-state index in [2.05, 4.69) is 5.32 Å². The van der Waals surface area contributed by atoms with Crippen LogP contribution in [0.3, 0.4) is 0 Å². The molecule has 0 fully saturated rings. The third-order valence-corrected chi connectivity index (χ3v) is 2.61. The normalized spacial score (nSPS) is 10.7. The van der Waals surface area contributed by atoms with Gasteiger partial charge in [0.2, 0.25) is 0 Å². The molecule has 0 heterocycles. The predicted octanol–water partition coefficient (Wildman–Crippen LogP) is 1.47. The fourth-order valence-corrected chi connectivity index (χ4v) is 1.69. The van der Waals surface area contributed by atoms with Crippen LogP contribution in [-0.2, 0) is 6.54 Å². The van der Waals surface area contributed by atoms with E-state index in [-0.39, 0.29) is 0 Å². The zero-order valence-electron chi connectivity index (χ0n) is 11.9. The number of hydrogen-bond donors (Lipinski definition) is 1. The maximum Gasteiger partial charge on any atom is 0.412 e. The van der Waals surface area contributed by atoms with Crippen molar-refractivity contribution in [3.63, 3.8) is 0 Å². The molecule has 0 aliphatic carbocycles. The highest BCUT2D eigenvalue weighted by Crippen LogP contribution is 2.15. The Balaban J connectivity index is 1.83. The lowest BCUT2D eigenvalue weighted by Crippen LogP contribution is -2.37. The van der Waals surface area contributed by atoms with Crippen LogP contribution in [0.4, 0.5) is 4.79 Å². The van der Waals surface area contributed by atoms with Gasteiger partial charge in [0.25, 0.3) is 0 Å². The average Bonchev–Trinajstić information content (AvgIpc) is 2.46. The van der Waals surface area contributed by atoms with Crippen LogP contribution in [0.2, 0.25) is 0 Å². The van der Waals surface area contributed by atoms with Crippen molar-refractivity contribution in [2.24, 2.45) is 0 Å². The number of nitrogens with one attached hydrogen (secondary N) is 1. The van der Waals surface area contributed by atoms with Crippen LogP contribution < -0.4 is 14.8 Å². The standard InChI is InChI=1S/C15H12B3NO3/c16-15(17,18)22-13-8-6-11(7-9-13)10-19-14(20)21-12-4-2-1-3-5-12/h1-9H,10H2,(H,19,20). The fraction of sp³-hybridized carbons (Fsp3) is 0.133. The predicted molar refractivity (Wildman–Crippen MR) is 86.4 cm³/mol. The molecule has 2 aromatic rings. The minimum absolute atomic E-state index is 0.310. The van der Waals surface area contributed by atoms with Crippen LogP contribution in [0, 0.1) is 0 Å². The molecule has 104 valence electrons. The summed E-state index contributed by atoms with van der Waals surface area (Å²) in [6.07, 6.45) is -0.531. The Bertz CT molecular complexity index is 612. The van der Waals surface area contributed by atoms with E-state index in [0.29, 0.717) is 18.0 Å². The Morgan fingerprint density at radius 3 is 2.18 bits per heavy atom. The Kier molecular flexibility index (Phi) is 5.20. The molecule has 0 aliphatic heterocycles. The van der Waals surface area contributed by atoms with E-state index >= 15 is 0 Å². The Hall–Kier alpha value is -2.30. The van der Waals surface area contributed by atoms with Crippen LogP contribution in [0.1, 0.15) is 5.56 Å². The molecule has 6 radical (unpaired) electrons. The second kappa shape index (κ2) is 7.12. The largest absolute Gasteiger partial charge is 0.516 e. The van der Waals surface area contributed by atoms with Gasteiger partial charge < -0.3 is 14.8 Å². The number of carbonyl (C=O) groups is 1. The van der Waals surface area contributed by atoms with Crippen molar-refractivity contribution >= 4 is 29.6 Å². The van der Waals surface area contributed by atoms with Gasteiger partial charge in [-0.1, -0.05) is 30.3 Å². The first kappa shape index (κ1) is 16.1. The van der Waals surface area contributed by atoms with Gasteiger partial charge in [0.15, 0.2) is 0 Å². The number of hydrogen-bond acceptors (Lipinski definition) is 3. The topological polar surface area (TPSA) is 47.6 Å². The first-order valence-corrected chi connectivity index (χ1v) is 6.58. The van der Waals surface area contributed by atoms with Gasteiger partial charge in [-0.25, -0.2) is 4.79 Å². The smallest absolute Gasteiger partial charge is 0.412 e. The minimum atomic E-state index is -1.72. The minimum Gasteiger partial charge on any atom is -0.516 e. The van der Waals surface area contributed by atoms with Gasteiger partial charge in [0, 0.05) is 6.54 Å². The second-order valence-electron chi connectivity index (χ2n) is 4.66. The summed E-state index contributed by atoms with van der Waals surface area (Å²) in [6, 6.07) is 15.6. The summed E-state index contributed by atoms with van der Waals surface area (Å²) in [4.78, 5) is 11.6. The van der Waals surface area contributed by atoms with Gasteiger partial charge >= 0.3 is 6.09 Å². The molecular formula is C15H12B3NO3. The maximum absolute atomic E-state index is 11.6. The van der Waals surface area contributed by atoms with Crippen LogP contribution in [0.15, 0.2) is 54.6 Å². The molecular weight excluding hydrogens is 275 g/mol. The second-order valence-corrected chi connectivity index (χ2v) is 4.66. The van der Waals surface area contributed by atoms with Crippen LogP contribution in [0.25, 0.3) is 0 Å². The first-order chi connectivity index (χ1) is 10.4. The van der Waals surface area contributed by atoms with E-state index in [1.807, 2.05) is 6.07 Å². The molecule has 0 saturated heterocycles. The third-order valence-electron chi connectivity index (χ3n) is 2.61. The molecule has 22 heavy (non-hydrogen) atoms. The number of ether oxygens (including phenoxy) is 2. The molecule has 0 aromatic heterocycles. The maximum atomic E-state index is 11.6. The lowest BCUT2D eigenvalue weighted by Gasteiger charge is -2.23. The summed E-state index contributed by atoms with van der Waals surface area (Å²) in [5, 5.41) is 0.916. The van der Waals surface area contributed by atoms with Gasteiger partial charge in [-0.3, -0.25) is 0 Å². The van der Waals surface area contributed by atoms with Gasteiger partial charge in [-0.2, -0.15) is 0 Å². The van der Waals surface area contributed by atoms with Crippen LogP contribution >= 0.6 is 0 Å². The SMILES string of the molecule is [B]C([B])([B])Oc1ccc(CNC(=O)Oc2ccccc2)cc1. The number of rotatable bonds is 5. The summed E-state index contributed by atoms with van der Waals surface area (Å²) in [7, 11) is 16.0. The molecule has 0 bridgehead atoms. The number of amides is 1. The van der Waals surface area contributed by atoms with Crippen molar-refractivity contribution in [2.75, 3.05) is 0 Å². The monoisotopic (exact) mass is 287 g/mol. The summed E-state index contributed by atoms with van der Waals surface area (Å²) < 4.78 is 10.2. The molecule has 2 aromatic carbocycles. The highest BCUT2D eigenvalue weighted by atomic mass is 16.6. The van der Waals surface area contributed by atoms with E-state index in [9.17, 15) is 4.79 Å². The van der Waals surface area contributed by atoms with Crippen molar-refractivity contribution < 1.29 is 14.3 Å². The van der Waals surface area contributed by atoms with Gasteiger partial charge in [0.1, 0.15) is 35.0 Å². The van der Waals surface area contributed by atoms with Crippen molar-refractivity contribution in [1.82, 2.24) is 5.32 Å². The highest BCUT2D eigenvalue weighted by molar-refractivity contribution is 6.58. The van der Waals surface area contributed by atoms with E-state index in [4.69, 9.17) is 33.0 Å². The quantitative estimate of drug-likeness (QED) is 0.847. The highest BCUT2D eigenvalue weighted by Gasteiger charge is 2.10. The summed E-state index contributed by atoms with van der Waals surface area (Å²) in [5.41, 5.74) is 0.856. The van der Waals surface area contributed by atoms with Crippen molar-refractivity contribution in [2.45, 2.75) is 11.8 Å². The molecule has 2 rings (SSSR count). The Morgan fingerprint density at radius 2 is 1.59 bits per heavy atom. The molecule has 4 nitrogen and oxygen atoms in total. The first-order valence-electron chi connectivity index (χ1n) is 6.58. The summed E-state index contributed by atoms with van der Waals surface area (Å²) in [6.45, 7) is 0.310. The van der Waals surface area contributed by atoms with Crippen molar-refractivity contribution in [1.29, 1.82) is 0 Å². The molecule has 0 unspecified atom stereocenters. The van der Waals surface area contributed by atoms with E-state index < -0.39 is 11.4 Å². The molecule has 0 atom stereocenters. The molecule has 1 amide bonds. The average molecular weight is 287 g/mol. The lowest BCUT2D eigenvalue weighted by molar-refractivity contribution is 0.200.